The summed E-state index contributed by atoms with van der Waals surface area (Å²) in [4.78, 5) is 11.8. The number of hydrogen-bond donors (Lipinski definition) is 0. The van der Waals surface area contributed by atoms with Crippen LogP contribution in [0.2, 0.25) is 0 Å². The molecular formula is C10H13NOS. The molecule has 1 amide bonds. The summed E-state index contributed by atoms with van der Waals surface area (Å²) in [6.07, 6.45) is 7.11. The lowest BCUT2D eigenvalue weighted by atomic mass is 9.68. The van der Waals surface area contributed by atoms with Gasteiger partial charge in [-0.25, -0.2) is 0 Å². The molecule has 0 aromatic carbocycles. The SMILES string of the molecule is CN1SC2C3C=CC(CC3)C2C1=O. The van der Waals surface area contributed by atoms with Crippen LogP contribution in [0.15, 0.2) is 12.2 Å². The van der Waals surface area contributed by atoms with Crippen LogP contribution in [0.1, 0.15) is 12.8 Å². The lowest BCUT2D eigenvalue weighted by molar-refractivity contribution is -0.130. The molecule has 13 heavy (non-hydrogen) atoms. The maximum Gasteiger partial charge on any atom is 0.237 e. The van der Waals surface area contributed by atoms with Crippen molar-refractivity contribution in [2.45, 2.75) is 18.1 Å². The summed E-state index contributed by atoms with van der Waals surface area (Å²) in [6.45, 7) is 0. The first kappa shape index (κ1) is 7.92. The van der Waals surface area contributed by atoms with Gasteiger partial charge in [-0.15, -0.1) is 0 Å². The Balaban J connectivity index is 1.99. The summed E-state index contributed by atoms with van der Waals surface area (Å²) in [7, 11) is 1.91. The maximum absolute atomic E-state index is 11.8. The normalized spacial score (nSPS) is 47.2. The fourth-order valence-electron chi connectivity index (χ4n) is 2.86. The summed E-state index contributed by atoms with van der Waals surface area (Å²) in [5, 5.41) is 0.557. The van der Waals surface area contributed by atoms with Crippen molar-refractivity contribution in [3.8, 4) is 0 Å². The molecule has 3 heteroatoms. The molecule has 2 fully saturated rings. The van der Waals surface area contributed by atoms with Crippen LogP contribution >= 0.6 is 11.9 Å². The molecule has 4 unspecified atom stereocenters. The average Bonchev–Trinajstić information content (AvgIpc) is 2.47. The van der Waals surface area contributed by atoms with Crippen LogP contribution in [-0.4, -0.2) is 22.5 Å². The van der Waals surface area contributed by atoms with E-state index >= 15 is 0 Å². The Morgan fingerprint density at radius 2 is 2.08 bits per heavy atom. The van der Waals surface area contributed by atoms with Crippen molar-refractivity contribution in [3.63, 3.8) is 0 Å². The van der Waals surface area contributed by atoms with E-state index in [1.807, 2.05) is 11.4 Å². The third-order valence-corrected chi connectivity index (χ3v) is 4.93. The highest BCUT2D eigenvalue weighted by molar-refractivity contribution is 7.98. The van der Waals surface area contributed by atoms with E-state index in [4.69, 9.17) is 0 Å². The van der Waals surface area contributed by atoms with Crippen molar-refractivity contribution in [2.75, 3.05) is 7.05 Å². The number of allylic oxidation sites excluding steroid dienone is 2. The fourth-order valence-corrected chi connectivity index (χ4v) is 4.28. The van der Waals surface area contributed by atoms with Crippen molar-refractivity contribution < 1.29 is 4.79 Å². The zero-order valence-corrected chi connectivity index (χ0v) is 8.46. The topological polar surface area (TPSA) is 20.3 Å². The van der Waals surface area contributed by atoms with E-state index in [1.54, 1.807) is 11.9 Å². The maximum atomic E-state index is 11.8. The highest BCUT2D eigenvalue weighted by Crippen LogP contribution is 2.51. The second-order valence-corrected chi connectivity index (χ2v) is 5.52. The third kappa shape index (κ3) is 0.938. The monoisotopic (exact) mass is 195 g/mol. The van der Waals surface area contributed by atoms with Crippen molar-refractivity contribution in [1.82, 2.24) is 4.31 Å². The van der Waals surface area contributed by atoms with Crippen molar-refractivity contribution in [2.24, 2.45) is 17.8 Å². The highest BCUT2D eigenvalue weighted by atomic mass is 32.2. The third-order valence-electron chi connectivity index (χ3n) is 3.55. The van der Waals surface area contributed by atoms with Crippen LogP contribution in [0.3, 0.4) is 0 Å². The molecular weight excluding hydrogens is 182 g/mol. The number of rotatable bonds is 0. The number of carbonyl (C=O) groups is 1. The summed E-state index contributed by atoms with van der Waals surface area (Å²) < 4.78 is 1.84. The van der Waals surface area contributed by atoms with Gasteiger partial charge in [-0.05, 0) is 36.6 Å². The zero-order valence-electron chi connectivity index (χ0n) is 7.64. The molecule has 2 bridgehead atoms. The fraction of sp³-hybridized carbons (Fsp3) is 0.700. The van der Waals surface area contributed by atoms with E-state index in [2.05, 4.69) is 12.2 Å². The Morgan fingerprint density at radius 1 is 1.38 bits per heavy atom. The van der Waals surface area contributed by atoms with E-state index in [-0.39, 0.29) is 0 Å². The summed E-state index contributed by atoms with van der Waals surface area (Å²) in [6, 6.07) is 0. The number of fused-ring (bicyclic) bond motifs is 1. The van der Waals surface area contributed by atoms with Crippen molar-refractivity contribution >= 4 is 17.9 Å². The average molecular weight is 195 g/mol. The molecule has 0 aromatic rings. The van der Waals surface area contributed by atoms with E-state index in [0.29, 0.717) is 28.9 Å². The van der Waals surface area contributed by atoms with Gasteiger partial charge >= 0.3 is 0 Å². The van der Waals surface area contributed by atoms with Gasteiger partial charge in [0, 0.05) is 12.3 Å². The van der Waals surface area contributed by atoms with Crippen LogP contribution in [0.4, 0.5) is 0 Å². The van der Waals surface area contributed by atoms with Gasteiger partial charge in [-0.2, -0.15) is 0 Å². The largest absolute Gasteiger partial charge is 0.289 e. The molecule has 2 nitrogen and oxygen atoms in total. The minimum absolute atomic E-state index is 0.304. The van der Waals surface area contributed by atoms with Crippen LogP contribution in [0, 0.1) is 17.8 Å². The van der Waals surface area contributed by atoms with Crippen molar-refractivity contribution in [1.29, 1.82) is 0 Å². The van der Waals surface area contributed by atoms with E-state index in [1.165, 1.54) is 12.8 Å². The Kier molecular flexibility index (Phi) is 1.54. The molecule has 0 spiro atoms. The lowest BCUT2D eigenvalue weighted by Crippen LogP contribution is -2.39. The van der Waals surface area contributed by atoms with Crippen LogP contribution in [0.25, 0.3) is 0 Å². The molecule has 70 valence electrons. The molecule has 4 atom stereocenters. The van der Waals surface area contributed by atoms with Gasteiger partial charge in [-0.3, -0.25) is 9.10 Å². The Bertz CT molecular complexity index is 289. The summed E-state index contributed by atoms with van der Waals surface area (Å²) in [5.41, 5.74) is 0. The van der Waals surface area contributed by atoms with Gasteiger partial charge in [0.2, 0.25) is 5.91 Å². The second-order valence-electron chi connectivity index (χ2n) is 4.22. The van der Waals surface area contributed by atoms with Gasteiger partial charge in [0.05, 0.1) is 5.92 Å². The molecule has 3 aliphatic carbocycles. The van der Waals surface area contributed by atoms with Crippen LogP contribution in [-0.2, 0) is 4.79 Å². The number of hydrogen-bond acceptors (Lipinski definition) is 2. The predicted molar refractivity (Wildman–Crippen MR) is 53.0 cm³/mol. The highest BCUT2D eigenvalue weighted by Gasteiger charge is 2.51. The first-order valence-electron chi connectivity index (χ1n) is 4.90. The Morgan fingerprint density at radius 3 is 2.69 bits per heavy atom. The van der Waals surface area contributed by atoms with Crippen molar-refractivity contribution in [3.05, 3.63) is 12.2 Å². The Hall–Kier alpha value is -0.440. The first-order valence-corrected chi connectivity index (χ1v) is 5.73. The van der Waals surface area contributed by atoms with Gasteiger partial charge < -0.3 is 0 Å². The first-order chi connectivity index (χ1) is 6.27. The molecule has 1 aliphatic heterocycles. The lowest BCUT2D eigenvalue weighted by Gasteiger charge is -2.38. The Labute approximate surface area is 82.5 Å². The van der Waals surface area contributed by atoms with E-state index < -0.39 is 0 Å². The molecule has 4 rings (SSSR count). The summed E-state index contributed by atoms with van der Waals surface area (Å²) >= 11 is 1.75. The minimum Gasteiger partial charge on any atom is -0.289 e. The minimum atomic E-state index is 0.304. The molecule has 0 N–H and O–H groups in total. The number of carbonyl (C=O) groups excluding carboxylic acids is 1. The standard InChI is InChI=1S/C10H13NOS/c1-11-10(12)8-6-2-4-7(5-3-6)9(8)13-11/h2,4,6-9H,3,5H2,1H3. The van der Waals surface area contributed by atoms with E-state index in [0.717, 1.165) is 0 Å². The summed E-state index contributed by atoms with van der Waals surface area (Å²) in [5.74, 6) is 1.86. The molecule has 0 radical (unpaired) electrons. The number of amides is 1. The van der Waals surface area contributed by atoms with E-state index in [9.17, 15) is 4.79 Å². The molecule has 1 heterocycles. The smallest absolute Gasteiger partial charge is 0.237 e. The van der Waals surface area contributed by atoms with Gasteiger partial charge in [0.1, 0.15) is 0 Å². The predicted octanol–water partition coefficient (Wildman–Crippen LogP) is 1.69. The molecule has 4 aliphatic rings. The molecule has 1 saturated carbocycles. The molecule has 0 aromatic heterocycles. The van der Waals surface area contributed by atoms with Crippen LogP contribution < -0.4 is 0 Å². The zero-order chi connectivity index (χ0) is 9.00. The molecule has 1 saturated heterocycles. The van der Waals surface area contributed by atoms with Crippen LogP contribution in [0.5, 0.6) is 0 Å². The van der Waals surface area contributed by atoms with Gasteiger partial charge in [0.15, 0.2) is 0 Å². The quantitative estimate of drug-likeness (QED) is 0.433. The number of nitrogens with zero attached hydrogens (tertiary/aromatic N) is 1. The second kappa shape index (κ2) is 2.53. The van der Waals surface area contributed by atoms with Gasteiger partial charge in [-0.1, -0.05) is 12.2 Å². The van der Waals surface area contributed by atoms with Gasteiger partial charge in [0.25, 0.3) is 0 Å².